The van der Waals surface area contributed by atoms with E-state index in [1.807, 2.05) is 90.4 Å². The van der Waals surface area contributed by atoms with Gasteiger partial charge in [-0.15, -0.1) is 0 Å². The van der Waals surface area contributed by atoms with Crippen molar-refractivity contribution >= 4 is 29.5 Å². The van der Waals surface area contributed by atoms with Crippen LogP contribution in [0.25, 0.3) is 28.3 Å². The van der Waals surface area contributed by atoms with Crippen molar-refractivity contribution in [1.82, 2.24) is 24.1 Å². The van der Waals surface area contributed by atoms with E-state index in [-0.39, 0.29) is 12.5 Å². The van der Waals surface area contributed by atoms with E-state index in [2.05, 4.69) is 20.5 Å². The average Bonchev–Trinajstić information content (AvgIpc) is 3.38. The Labute approximate surface area is 189 Å². The lowest BCUT2D eigenvalue weighted by Gasteiger charge is -2.09. The van der Waals surface area contributed by atoms with Crippen LogP contribution in [0.15, 0.2) is 79.1 Å². The molecule has 0 spiro atoms. The molecule has 0 saturated heterocycles. The van der Waals surface area contributed by atoms with Gasteiger partial charge in [-0.05, 0) is 49.5 Å². The second-order valence-electron chi connectivity index (χ2n) is 7.53. The van der Waals surface area contributed by atoms with Gasteiger partial charge in [0.2, 0.25) is 5.91 Å². The van der Waals surface area contributed by atoms with Gasteiger partial charge in [-0.3, -0.25) is 14.5 Å². The fourth-order valence-corrected chi connectivity index (χ4v) is 3.81. The number of benzene rings is 2. The van der Waals surface area contributed by atoms with Crippen molar-refractivity contribution in [2.24, 2.45) is 0 Å². The number of anilines is 1. The molecule has 0 unspecified atom stereocenters. The summed E-state index contributed by atoms with van der Waals surface area (Å²) >= 11 is 5.34. The number of nitrogens with zero attached hydrogens (tertiary/aromatic N) is 4. The lowest BCUT2D eigenvalue weighted by molar-refractivity contribution is -0.116. The number of carbonyl (C=O) groups excluding carboxylic acids is 1. The largest absolute Gasteiger partial charge is 0.325 e. The van der Waals surface area contributed by atoms with Crippen molar-refractivity contribution in [3.05, 3.63) is 89.5 Å². The van der Waals surface area contributed by atoms with E-state index < -0.39 is 0 Å². The first-order chi connectivity index (χ1) is 15.6. The van der Waals surface area contributed by atoms with Gasteiger partial charge in [0.25, 0.3) is 0 Å². The van der Waals surface area contributed by atoms with Crippen LogP contribution in [0, 0.1) is 11.7 Å². The van der Waals surface area contributed by atoms with Gasteiger partial charge in [-0.2, -0.15) is 5.10 Å². The van der Waals surface area contributed by atoms with Crippen LogP contribution in [0.5, 0.6) is 0 Å². The summed E-state index contributed by atoms with van der Waals surface area (Å²) in [4.78, 5) is 17.3. The Kier molecular flexibility index (Phi) is 5.12. The molecule has 158 valence electrons. The summed E-state index contributed by atoms with van der Waals surface area (Å²) in [6.45, 7) is 2.07. The Morgan fingerprint density at radius 1 is 1.06 bits per heavy atom. The van der Waals surface area contributed by atoms with Crippen molar-refractivity contribution in [2.75, 3.05) is 5.32 Å². The van der Waals surface area contributed by atoms with Gasteiger partial charge in [0, 0.05) is 29.2 Å². The zero-order valence-electron chi connectivity index (χ0n) is 17.3. The summed E-state index contributed by atoms with van der Waals surface area (Å²) in [6, 6.07) is 21.4. The molecule has 0 radical (unpaired) electrons. The molecule has 7 nitrogen and oxygen atoms in total. The predicted molar refractivity (Wildman–Crippen MR) is 127 cm³/mol. The van der Waals surface area contributed by atoms with Crippen LogP contribution in [0.2, 0.25) is 0 Å². The Balaban J connectivity index is 1.32. The number of hydrogen-bond acceptors (Lipinski definition) is 4. The normalized spacial score (nSPS) is 11.0. The van der Waals surface area contributed by atoms with E-state index in [9.17, 15) is 4.79 Å². The monoisotopic (exact) mass is 440 g/mol. The number of H-pyrrole nitrogens is 1. The number of rotatable bonds is 5. The standard InChI is InChI=1S/C24H20N6OS/c1-16-5-4-6-18(13-16)23-27-28-24(32)30(23)15-22(31)25-19-10-8-17(9-11-19)20-14-29-12-3-2-7-21(29)26-20/h2-14H,15H2,1H3,(H,25,31)(H,28,32). The van der Waals surface area contributed by atoms with Crippen LogP contribution in [0.4, 0.5) is 5.69 Å². The lowest BCUT2D eigenvalue weighted by Crippen LogP contribution is -2.19. The number of amides is 1. The number of hydrogen-bond donors (Lipinski definition) is 2. The molecule has 2 aromatic carbocycles. The first-order valence-corrected chi connectivity index (χ1v) is 10.5. The molecule has 0 bridgehead atoms. The molecular weight excluding hydrogens is 420 g/mol. The average molecular weight is 441 g/mol. The van der Waals surface area contributed by atoms with Crippen LogP contribution >= 0.6 is 12.2 Å². The molecule has 0 atom stereocenters. The number of nitrogens with one attached hydrogen (secondary N) is 2. The van der Waals surface area contributed by atoms with Gasteiger partial charge in [0.05, 0.1) is 5.69 Å². The fourth-order valence-electron chi connectivity index (χ4n) is 3.61. The number of carbonyl (C=O) groups is 1. The first kappa shape index (κ1) is 19.9. The summed E-state index contributed by atoms with van der Waals surface area (Å²) in [5.74, 6) is 0.452. The van der Waals surface area contributed by atoms with E-state index >= 15 is 0 Å². The number of aromatic amines is 1. The minimum absolute atomic E-state index is 0.0623. The van der Waals surface area contributed by atoms with Crippen molar-refractivity contribution in [3.63, 3.8) is 0 Å². The number of aromatic nitrogens is 5. The maximum absolute atomic E-state index is 12.7. The third-order valence-corrected chi connectivity index (χ3v) is 5.48. The Bertz CT molecular complexity index is 1450. The molecule has 0 aliphatic heterocycles. The van der Waals surface area contributed by atoms with Crippen LogP contribution < -0.4 is 5.32 Å². The molecule has 0 aliphatic carbocycles. The number of fused-ring (bicyclic) bond motifs is 1. The molecule has 0 saturated carbocycles. The molecule has 0 aliphatic rings. The molecule has 5 rings (SSSR count). The summed E-state index contributed by atoms with van der Waals surface area (Å²) in [7, 11) is 0. The molecule has 5 aromatic rings. The van der Waals surface area contributed by atoms with Crippen LogP contribution in [-0.4, -0.2) is 30.1 Å². The maximum Gasteiger partial charge on any atom is 0.244 e. The van der Waals surface area contributed by atoms with E-state index in [1.165, 1.54) is 0 Å². The van der Waals surface area contributed by atoms with Crippen LogP contribution in [0.3, 0.4) is 0 Å². The quantitative estimate of drug-likeness (QED) is 0.382. The topological polar surface area (TPSA) is 80.0 Å². The molecule has 3 heterocycles. The Morgan fingerprint density at radius 3 is 2.69 bits per heavy atom. The van der Waals surface area contributed by atoms with Crippen molar-refractivity contribution in [1.29, 1.82) is 0 Å². The predicted octanol–water partition coefficient (Wildman–Crippen LogP) is 4.87. The van der Waals surface area contributed by atoms with Crippen molar-refractivity contribution < 1.29 is 4.79 Å². The van der Waals surface area contributed by atoms with E-state index in [1.54, 1.807) is 4.57 Å². The fraction of sp³-hybridized carbons (Fsp3) is 0.0833. The second kappa shape index (κ2) is 8.24. The van der Waals surface area contributed by atoms with Gasteiger partial charge < -0.3 is 9.72 Å². The van der Waals surface area contributed by atoms with Crippen molar-refractivity contribution in [3.8, 4) is 22.6 Å². The molecular formula is C24H20N6OS. The summed E-state index contributed by atoms with van der Waals surface area (Å²) in [6.07, 6.45) is 3.95. The highest BCUT2D eigenvalue weighted by atomic mass is 32.1. The number of imidazole rings is 1. The first-order valence-electron chi connectivity index (χ1n) is 10.1. The molecule has 8 heteroatoms. The van der Waals surface area contributed by atoms with E-state index in [0.717, 1.165) is 28.0 Å². The van der Waals surface area contributed by atoms with E-state index in [4.69, 9.17) is 12.2 Å². The van der Waals surface area contributed by atoms with E-state index in [0.29, 0.717) is 16.3 Å². The summed E-state index contributed by atoms with van der Waals surface area (Å²) in [5, 5.41) is 10.0. The molecule has 3 aromatic heterocycles. The van der Waals surface area contributed by atoms with Crippen molar-refractivity contribution in [2.45, 2.75) is 13.5 Å². The third-order valence-electron chi connectivity index (χ3n) is 5.16. The van der Waals surface area contributed by atoms with Crippen LogP contribution in [-0.2, 0) is 11.3 Å². The smallest absolute Gasteiger partial charge is 0.244 e. The summed E-state index contributed by atoms with van der Waals surface area (Å²) in [5.41, 5.74) is 5.46. The lowest BCUT2D eigenvalue weighted by atomic mass is 10.1. The third kappa shape index (κ3) is 3.95. The maximum atomic E-state index is 12.7. The zero-order valence-corrected chi connectivity index (χ0v) is 18.1. The van der Waals surface area contributed by atoms with Gasteiger partial charge in [-0.1, -0.05) is 42.0 Å². The Hall–Kier alpha value is -4.04. The SMILES string of the molecule is Cc1cccc(-c2n[nH]c(=S)n2CC(=O)Nc2ccc(-c3cn4ccccc4n3)cc2)c1. The molecule has 1 amide bonds. The highest BCUT2D eigenvalue weighted by Crippen LogP contribution is 2.22. The van der Waals surface area contributed by atoms with Gasteiger partial charge >= 0.3 is 0 Å². The summed E-state index contributed by atoms with van der Waals surface area (Å²) < 4.78 is 4.08. The number of aryl methyl sites for hydroxylation is 1. The molecule has 2 N–H and O–H groups in total. The molecule has 0 fully saturated rings. The second-order valence-corrected chi connectivity index (χ2v) is 7.91. The minimum atomic E-state index is -0.183. The number of pyridine rings is 1. The molecule has 32 heavy (non-hydrogen) atoms. The van der Waals surface area contributed by atoms with Gasteiger partial charge in [-0.25, -0.2) is 4.98 Å². The van der Waals surface area contributed by atoms with Gasteiger partial charge in [0.1, 0.15) is 12.2 Å². The van der Waals surface area contributed by atoms with Crippen LogP contribution in [0.1, 0.15) is 5.56 Å². The highest BCUT2D eigenvalue weighted by molar-refractivity contribution is 7.71. The Morgan fingerprint density at radius 2 is 1.91 bits per heavy atom. The minimum Gasteiger partial charge on any atom is -0.325 e. The van der Waals surface area contributed by atoms with Gasteiger partial charge in [0.15, 0.2) is 10.6 Å². The highest BCUT2D eigenvalue weighted by Gasteiger charge is 2.13. The zero-order chi connectivity index (χ0) is 22.1.